The standard InChI is InChI=1S/C18H22ClNO/c1-18(2,3)12-8-5-9-13-20(4)14-17(21)15-10-6-7-11-16(15)19/h6-7,9-11,13H,5,14H2,1-4H3/b13-9+. The fourth-order valence-corrected chi connectivity index (χ4v) is 1.90. The Kier molecular flexibility index (Phi) is 6.52. The lowest BCUT2D eigenvalue weighted by atomic mass is 9.98. The molecule has 3 heteroatoms. The third kappa shape index (κ3) is 7.02. The normalized spacial score (nSPS) is 11.1. The third-order valence-corrected chi connectivity index (χ3v) is 2.94. The van der Waals surface area contributed by atoms with Gasteiger partial charge in [-0.3, -0.25) is 4.79 Å². The van der Waals surface area contributed by atoms with Crippen molar-refractivity contribution < 1.29 is 4.79 Å². The number of benzene rings is 1. The van der Waals surface area contributed by atoms with E-state index in [2.05, 4.69) is 32.6 Å². The van der Waals surface area contributed by atoms with E-state index in [1.54, 1.807) is 12.1 Å². The van der Waals surface area contributed by atoms with Crippen LogP contribution in [0.3, 0.4) is 0 Å². The summed E-state index contributed by atoms with van der Waals surface area (Å²) in [6, 6.07) is 7.11. The van der Waals surface area contributed by atoms with Crippen molar-refractivity contribution >= 4 is 17.4 Å². The second-order valence-electron chi connectivity index (χ2n) is 5.96. The first-order valence-electron chi connectivity index (χ1n) is 6.94. The first-order valence-corrected chi connectivity index (χ1v) is 7.32. The fourth-order valence-electron chi connectivity index (χ4n) is 1.66. The van der Waals surface area contributed by atoms with Gasteiger partial charge in [-0.2, -0.15) is 0 Å². The Bertz CT molecular complexity index is 573. The summed E-state index contributed by atoms with van der Waals surface area (Å²) in [5.41, 5.74) is 0.590. The number of carbonyl (C=O) groups excluding carboxylic acids is 1. The van der Waals surface area contributed by atoms with Crippen molar-refractivity contribution in [2.45, 2.75) is 27.2 Å². The minimum absolute atomic E-state index is 0.00789. The molecule has 0 atom stereocenters. The van der Waals surface area contributed by atoms with Crippen molar-refractivity contribution in [2.24, 2.45) is 5.41 Å². The molecule has 0 aliphatic carbocycles. The van der Waals surface area contributed by atoms with Gasteiger partial charge < -0.3 is 4.90 Å². The van der Waals surface area contributed by atoms with Crippen LogP contribution in [0.4, 0.5) is 0 Å². The van der Waals surface area contributed by atoms with Crippen molar-refractivity contribution in [3.05, 3.63) is 47.1 Å². The maximum atomic E-state index is 12.1. The second kappa shape index (κ2) is 7.90. The Morgan fingerprint density at radius 3 is 2.62 bits per heavy atom. The van der Waals surface area contributed by atoms with Crippen LogP contribution in [0.1, 0.15) is 37.6 Å². The molecule has 0 aliphatic rings. The summed E-state index contributed by atoms with van der Waals surface area (Å²) in [7, 11) is 1.86. The number of hydrogen-bond acceptors (Lipinski definition) is 2. The average molecular weight is 304 g/mol. The zero-order valence-electron chi connectivity index (χ0n) is 13.1. The maximum Gasteiger partial charge on any atom is 0.183 e. The quantitative estimate of drug-likeness (QED) is 0.593. The molecular formula is C18H22ClNO. The van der Waals surface area contributed by atoms with Crippen LogP contribution in [-0.4, -0.2) is 24.3 Å². The van der Waals surface area contributed by atoms with E-state index in [-0.39, 0.29) is 11.2 Å². The summed E-state index contributed by atoms with van der Waals surface area (Å²) >= 11 is 6.02. The Morgan fingerprint density at radius 1 is 1.33 bits per heavy atom. The highest BCUT2D eigenvalue weighted by atomic mass is 35.5. The Labute approximate surface area is 132 Å². The van der Waals surface area contributed by atoms with Crippen LogP contribution in [0.25, 0.3) is 0 Å². The van der Waals surface area contributed by atoms with E-state index in [9.17, 15) is 4.79 Å². The SMILES string of the molecule is CN(/C=C/CC#CC(C)(C)C)CC(=O)c1ccccc1Cl. The Morgan fingerprint density at radius 2 is 2.00 bits per heavy atom. The molecule has 0 aromatic heterocycles. The largest absolute Gasteiger partial charge is 0.373 e. The van der Waals surface area contributed by atoms with Crippen molar-refractivity contribution in [1.29, 1.82) is 0 Å². The van der Waals surface area contributed by atoms with Crippen LogP contribution in [0, 0.1) is 17.3 Å². The van der Waals surface area contributed by atoms with Gasteiger partial charge in [0.2, 0.25) is 0 Å². The molecule has 1 aromatic carbocycles. The van der Waals surface area contributed by atoms with Gasteiger partial charge >= 0.3 is 0 Å². The smallest absolute Gasteiger partial charge is 0.183 e. The number of halogens is 1. The lowest BCUT2D eigenvalue weighted by molar-refractivity contribution is 0.0964. The van der Waals surface area contributed by atoms with E-state index >= 15 is 0 Å². The zero-order chi connectivity index (χ0) is 15.9. The number of Topliss-reactive ketones (excluding diaryl/α,β-unsaturated/α-hetero) is 1. The number of nitrogens with zero attached hydrogens (tertiary/aromatic N) is 1. The van der Waals surface area contributed by atoms with Gasteiger partial charge in [-0.15, -0.1) is 0 Å². The van der Waals surface area contributed by atoms with E-state index in [1.165, 1.54) is 0 Å². The van der Waals surface area contributed by atoms with E-state index in [1.807, 2.05) is 36.4 Å². The number of carbonyl (C=O) groups is 1. The van der Waals surface area contributed by atoms with Crippen molar-refractivity contribution in [3.8, 4) is 11.8 Å². The van der Waals surface area contributed by atoms with Gasteiger partial charge in [0.05, 0.1) is 11.6 Å². The van der Waals surface area contributed by atoms with Gasteiger partial charge in [0.1, 0.15) is 0 Å². The molecule has 0 heterocycles. The number of allylic oxidation sites excluding steroid dienone is 1. The maximum absolute atomic E-state index is 12.1. The van der Waals surface area contributed by atoms with Gasteiger partial charge in [-0.05, 0) is 39.1 Å². The molecule has 0 aliphatic heterocycles. The monoisotopic (exact) mass is 303 g/mol. The predicted octanol–water partition coefficient (Wildman–Crippen LogP) is 4.41. The molecule has 0 bridgehead atoms. The minimum Gasteiger partial charge on any atom is -0.373 e. The van der Waals surface area contributed by atoms with Gasteiger partial charge in [-0.1, -0.05) is 41.7 Å². The summed E-state index contributed by atoms with van der Waals surface area (Å²) in [6.07, 6.45) is 4.52. The van der Waals surface area contributed by atoms with Gasteiger partial charge in [0.25, 0.3) is 0 Å². The minimum atomic E-state index is 0.00789. The molecule has 0 spiro atoms. The fraction of sp³-hybridized carbons (Fsp3) is 0.389. The lowest BCUT2D eigenvalue weighted by Gasteiger charge is -2.13. The zero-order valence-corrected chi connectivity index (χ0v) is 13.9. The average Bonchev–Trinajstić information content (AvgIpc) is 2.37. The van der Waals surface area contributed by atoms with Gasteiger partial charge in [0.15, 0.2) is 5.78 Å². The highest BCUT2D eigenvalue weighted by molar-refractivity contribution is 6.34. The van der Waals surface area contributed by atoms with Crippen LogP contribution in [0.5, 0.6) is 0 Å². The van der Waals surface area contributed by atoms with E-state index in [0.29, 0.717) is 23.6 Å². The first kappa shape index (κ1) is 17.3. The summed E-state index contributed by atoms with van der Waals surface area (Å²) < 4.78 is 0. The lowest BCUT2D eigenvalue weighted by Crippen LogP contribution is -2.21. The molecule has 0 saturated carbocycles. The van der Waals surface area contributed by atoms with Crippen molar-refractivity contribution in [3.63, 3.8) is 0 Å². The van der Waals surface area contributed by atoms with Crippen molar-refractivity contribution in [1.82, 2.24) is 4.90 Å². The van der Waals surface area contributed by atoms with E-state index < -0.39 is 0 Å². The molecule has 21 heavy (non-hydrogen) atoms. The van der Waals surface area contributed by atoms with Crippen LogP contribution in [-0.2, 0) is 0 Å². The summed E-state index contributed by atoms with van der Waals surface area (Å²) in [5, 5.41) is 0.496. The Balaban J connectivity index is 2.50. The number of ketones is 1. The predicted molar refractivity (Wildman–Crippen MR) is 89.4 cm³/mol. The number of hydrogen-bond donors (Lipinski definition) is 0. The molecule has 0 fully saturated rings. The number of likely N-dealkylation sites (N-methyl/N-ethyl adjacent to an activating group) is 1. The van der Waals surface area contributed by atoms with Gasteiger partial charge in [-0.25, -0.2) is 0 Å². The molecule has 0 unspecified atom stereocenters. The van der Waals surface area contributed by atoms with E-state index in [4.69, 9.17) is 11.6 Å². The molecule has 1 aromatic rings. The molecule has 1 rings (SSSR count). The van der Waals surface area contributed by atoms with E-state index in [0.717, 1.165) is 0 Å². The number of rotatable bonds is 5. The highest BCUT2D eigenvalue weighted by Crippen LogP contribution is 2.15. The van der Waals surface area contributed by atoms with Crippen LogP contribution >= 0.6 is 11.6 Å². The summed E-state index contributed by atoms with van der Waals surface area (Å²) in [4.78, 5) is 13.9. The van der Waals surface area contributed by atoms with Crippen LogP contribution in [0.2, 0.25) is 5.02 Å². The Hall–Kier alpha value is -1.72. The van der Waals surface area contributed by atoms with Crippen molar-refractivity contribution in [2.75, 3.05) is 13.6 Å². The molecule has 0 radical (unpaired) electrons. The summed E-state index contributed by atoms with van der Waals surface area (Å²) in [5.74, 6) is 6.28. The van der Waals surface area contributed by atoms with Crippen LogP contribution in [0.15, 0.2) is 36.5 Å². The van der Waals surface area contributed by atoms with Crippen LogP contribution < -0.4 is 0 Å². The third-order valence-electron chi connectivity index (χ3n) is 2.61. The molecule has 0 N–H and O–H groups in total. The molecule has 0 saturated heterocycles. The van der Waals surface area contributed by atoms with Gasteiger partial charge in [0, 0.05) is 24.4 Å². The molecule has 112 valence electrons. The highest BCUT2D eigenvalue weighted by Gasteiger charge is 2.10. The first-order chi connectivity index (χ1) is 9.79. The summed E-state index contributed by atoms with van der Waals surface area (Å²) in [6.45, 7) is 6.54. The molecular weight excluding hydrogens is 282 g/mol. The molecule has 0 amide bonds. The topological polar surface area (TPSA) is 20.3 Å². The second-order valence-corrected chi connectivity index (χ2v) is 6.37. The molecule has 2 nitrogen and oxygen atoms in total.